The highest BCUT2D eigenvalue weighted by Gasteiger charge is 2.20. The van der Waals surface area contributed by atoms with Crippen molar-refractivity contribution in [1.29, 1.82) is 0 Å². The Morgan fingerprint density at radius 3 is 2.70 bits per heavy atom. The summed E-state index contributed by atoms with van der Waals surface area (Å²) in [6.07, 6.45) is 3.92. The van der Waals surface area contributed by atoms with E-state index in [4.69, 9.17) is 10.5 Å². The SMILES string of the molecule is CCOc1cccc(C(=O)NC2CCC(N)CC2)c1.Cl. The van der Waals surface area contributed by atoms with Gasteiger partial charge in [-0.25, -0.2) is 0 Å². The van der Waals surface area contributed by atoms with Gasteiger partial charge < -0.3 is 15.8 Å². The van der Waals surface area contributed by atoms with Crippen LogP contribution in [0.1, 0.15) is 43.0 Å². The molecule has 1 aromatic carbocycles. The number of halogens is 1. The molecule has 0 heterocycles. The van der Waals surface area contributed by atoms with Gasteiger partial charge >= 0.3 is 0 Å². The van der Waals surface area contributed by atoms with Gasteiger partial charge in [-0.15, -0.1) is 12.4 Å². The average Bonchev–Trinajstić information content (AvgIpc) is 2.42. The second-order valence-corrected chi connectivity index (χ2v) is 5.05. The summed E-state index contributed by atoms with van der Waals surface area (Å²) in [6, 6.07) is 7.86. The van der Waals surface area contributed by atoms with Crippen molar-refractivity contribution in [1.82, 2.24) is 5.32 Å². The van der Waals surface area contributed by atoms with Gasteiger partial charge in [0.05, 0.1) is 6.61 Å². The Kier molecular flexibility index (Phi) is 6.82. The van der Waals surface area contributed by atoms with Crippen LogP contribution in [0, 0.1) is 0 Å². The second kappa shape index (κ2) is 8.12. The van der Waals surface area contributed by atoms with E-state index in [2.05, 4.69) is 5.32 Å². The summed E-state index contributed by atoms with van der Waals surface area (Å²) in [5.74, 6) is 0.711. The first-order chi connectivity index (χ1) is 9.19. The number of nitrogens with two attached hydrogens (primary N) is 1. The van der Waals surface area contributed by atoms with Gasteiger partial charge in [0.25, 0.3) is 5.91 Å². The summed E-state index contributed by atoms with van der Waals surface area (Å²) >= 11 is 0. The lowest BCUT2D eigenvalue weighted by atomic mass is 9.91. The van der Waals surface area contributed by atoms with Gasteiger partial charge in [-0.1, -0.05) is 6.07 Å². The highest BCUT2D eigenvalue weighted by atomic mass is 35.5. The fraction of sp³-hybridized carbons (Fsp3) is 0.533. The third-order valence-corrected chi connectivity index (χ3v) is 3.51. The molecule has 5 heteroatoms. The number of ether oxygens (including phenoxy) is 1. The fourth-order valence-corrected chi connectivity index (χ4v) is 2.43. The molecule has 1 aromatic rings. The molecule has 0 spiro atoms. The number of hydrogen-bond donors (Lipinski definition) is 2. The van der Waals surface area contributed by atoms with E-state index in [9.17, 15) is 4.79 Å². The van der Waals surface area contributed by atoms with Crippen LogP contribution in [-0.2, 0) is 0 Å². The van der Waals surface area contributed by atoms with E-state index in [-0.39, 0.29) is 24.4 Å². The number of carbonyl (C=O) groups is 1. The molecular formula is C15H23ClN2O2. The second-order valence-electron chi connectivity index (χ2n) is 5.05. The summed E-state index contributed by atoms with van der Waals surface area (Å²) in [5.41, 5.74) is 6.52. The van der Waals surface area contributed by atoms with Crippen molar-refractivity contribution in [2.75, 3.05) is 6.61 Å². The first-order valence-electron chi connectivity index (χ1n) is 6.98. The zero-order valence-electron chi connectivity index (χ0n) is 11.8. The molecule has 1 aliphatic carbocycles. The minimum Gasteiger partial charge on any atom is -0.494 e. The molecule has 0 bridgehead atoms. The lowest BCUT2D eigenvalue weighted by molar-refractivity contribution is 0.0925. The third kappa shape index (κ3) is 4.69. The molecule has 112 valence electrons. The van der Waals surface area contributed by atoms with Crippen molar-refractivity contribution in [3.05, 3.63) is 29.8 Å². The molecule has 4 nitrogen and oxygen atoms in total. The molecule has 3 N–H and O–H groups in total. The van der Waals surface area contributed by atoms with Crippen LogP contribution in [0.4, 0.5) is 0 Å². The lowest BCUT2D eigenvalue weighted by Gasteiger charge is -2.26. The number of carbonyl (C=O) groups excluding carboxylic acids is 1. The molecule has 0 saturated heterocycles. The van der Waals surface area contributed by atoms with Crippen molar-refractivity contribution in [2.24, 2.45) is 5.73 Å². The maximum absolute atomic E-state index is 12.2. The molecule has 1 saturated carbocycles. The van der Waals surface area contributed by atoms with Crippen LogP contribution in [0.25, 0.3) is 0 Å². The van der Waals surface area contributed by atoms with Gasteiger partial charge in [0.15, 0.2) is 0 Å². The fourth-order valence-electron chi connectivity index (χ4n) is 2.43. The standard InChI is InChI=1S/C15H22N2O2.ClH/c1-2-19-14-5-3-4-11(10-14)15(18)17-13-8-6-12(16)7-9-13;/h3-5,10,12-13H,2,6-9,16H2,1H3,(H,17,18);1H. The zero-order valence-corrected chi connectivity index (χ0v) is 12.6. The molecule has 0 unspecified atom stereocenters. The number of rotatable bonds is 4. The highest BCUT2D eigenvalue weighted by Crippen LogP contribution is 2.18. The van der Waals surface area contributed by atoms with Crippen LogP contribution in [-0.4, -0.2) is 24.6 Å². The predicted molar refractivity (Wildman–Crippen MR) is 82.6 cm³/mol. The van der Waals surface area contributed by atoms with Gasteiger partial charge in [0.2, 0.25) is 0 Å². The first-order valence-corrected chi connectivity index (χ1v) is 6.98. The molecule has 0 aromatic heterocycles. The largest absolute Gasteiger partial charge is 0.494 e. The van der Waals surface area contributed by atoms with Gasteiger partial charge in [-0.2, -0.15) is 0 Å². The molecule has 2 rings (SSSR count). The molecule has 1 aliphatic rings. The maximum atomic E-state index is 12.2. The number of amides is 1. The molecule has 0 aliphatic heterocycles. The molecule has 0 radical (unpaired) electrons. The van der Waals surface area contributed by atoms with Gasteiger partial charge in [-0.05, 0) is 50.8 Å². The maximum Gasteiger partial charge on any atom is 0.251 e. The Bertz CT molecular complexity index is 432. The normalized spacial score (nSPS) is 21.7. The van der Waals surface area contributed by atoms with E-state index < -0.39 is 0 Å². The molecule has 0 atom stereocenters. The van der Waals surface area contributed by atoms with E-state index in [1.165, 1.54) is 0 Å². The van der Waals surface area contributed by atoms with Gasteiger partial charge in [-0.3, -0.25) is 4.79 Å². The van der Waals surface area contributed by atoms with Crippen LogP contribution in [0.15, 0.2) is 24.3 Å². The number of hydrogen-bond acceptors (Lipinski definition) is 3. The van der Waals surface area contributed by atoms with E-state index in [1.807, 2.05) is 25.1 Å². The van der Waals surface area contributed by atoms with Crippen LogP contribution in [0.2, 0.25) is 0 Å². The number of nitrogens with one attached hydrogen (secondary N) is 1. The van der Waals surface area contributed by atoms with Crippen molar-refractivity contribution in [3.63, 3.8) is 0 Å². The van der Waals surface area contributed by atoms with Gasteiger partial charge in [0, 0.05) is 17.6 Å². The topological polar surface area (TPSA) is 64.3 Å². The summed E-state index contributed by atoms with van der Waals surface area (Å²) in [6.45, 7) is 2.53. The Hall–Kier alpha value is -1.26. The summed E-state index contributed by atoms with van der Waals surface area (Å²) < 4.78 is 5.40. The Morgan fingerprint density at radius 2 is 2.05 bits per heavy atom. The number of benzene rings is 1. The van der Waals surface area contributed by atoms with Crippen molar-refractivity contribution in [3.8, 4) is 5.75 Å². The third-order valence-electron chi connectivity index (χ3n) is 3.51. The van der Waals surface area contributed by atoms with E-state index in [0.29, 0.717) is 18.2 Å². The van der Waals surface area contributed by atoms with E-state index in [0.717, 1.165) is 31.4 Å². The predicted octanol–water partition coefficient (Wildman–Crippen LogP) is 2.51. The lowest BCUT2D eigenvalue weighted by Crippen LogP contribution is -2.40. The van der Waals surface area contributed by atoms with E-state index in [1.54, 1.807) is 6.07 Å². The summed E-state index contributed by atoms with van der Waals surface area (Å²) in [5, 5.41) is 3.07. The van der Waals surface area contributed by atoms with Crippen LogP contribution < -0.4 is 15.8 Å². The summed E-state index contributed by atoms with van der Waals surface area (Å²) in [7, 11) is 0. The van der Waals surface area contributed by atoms with E-state index >= 15 is 0 Å². The summed E-state index contributed by atoms with van der Waals surface area (Å²) in [4.78, 5) is 12.2. The molecule has 1 fully saturated rings. The van der Waals surface area contributed by atoms with Crippen molar-refractivity contribution < 1.29 is 9.53 Å². The highest BCUT2D eigenvalue weighted by molar-refractivity contribution is 5.94. The molecule has 1 amide bonds. The van der Waals surface area contributed by atoms with Crippen LogP contribution in [0.3, 0.4) is 0 Å². The molecule has 20 heavy (non-hydrogen) atoms. The van der Waals surface area contributed by atoms with Crippen LogP contribution >= 0.6 is 12.4 Å². The Balaban J connectivity index is 0.00000200. The smallest absolute Gasteiger partial charge is 0.251 e. The molecular weight excluding hydrogens is 276 g/mol. The quantitative estimate of drug-likeness (QED) is 0.897. The monoisotopic (exact) mass is 298 g/mol. The minimum absolute atomic E-state index is 0. The van der Waals surface area contributed by atoms with Crippen LogP contribution in [0.5, 0.6) is 5.75 Å². The van der Waals surface area contributed by atoms with Gasteiger partial charge in [0.1, 0.15) is 5.75 Å². The average molecular weight is 299 g/mol. The van der Waals surface area contributed by atoms with Crippen molar-refractivity contribution in [2.45, 2.75) is 44.7 Å². The Labute approximate surface area is 126 Å². The van der Waals surface area contributed by atoms with Crippen molar-refractivity contribution >= 4 is 18.3 Å². The first kappa shape index (κ1) is 16.8. The zero-order chi connectivity index (χ0) is 13.7. The minimum atomic E-state index is -0.0259. The Morgan fingerprint density at radius 1 is 1.35 bits per heavy atom.